The third-order valence-electron chi connectivity index (χ3n) is 9.18. The van der Waals surface area contributed by atoms with Crippen molar-refractivity contribution in [2.24, 2.45) is 5.73 Å². The van der Waals surface area contributed by atoms with Crippen molar-refractivity contribution < 1.29 is 9.90 Å². The molecular weight excluding hydrogens is 466 g/mol. The zero-order valence-corrected chi connectivity index (χ0v) is 22.3. The van der Waals surface area contributed by atoms with Gasteiger partial charge in [-0.15, -0.1) is 0 Å². The van der Waals surface area contributed by atoms with Gasteiger partial charge in [0.2, 0.25) is 0 Å². The Bertz CT molecular complexity index is 1150. The van der Waals surface area contributed by atoms with Gasteiger partial charge in [-0.05, 0) is 70.5 Å². The number of anilines is 1. The second-order valence-electron chi connectivity index (χ2n) is 11.7. The number of fused-ring (bicyclic) bond motifs is 1. The first kappa shape index (κ1) is 26.2. The lowest BCUT2D eigenvalue weighted by molar-refractivity contribution is -0.144. The van der Waals surface area contributed by atoms with Crippen LogP contribution < -0.4 is 16.2 Å². The lowest BCUT2D eigenvalue weighted by Crippen LogP contribution is -2.56. The molecule has 2 saturated heterocycles. The van der Waals surface area contributed by atoms with Gasteiger partial charge in [0.1, 0.15) is 5.54 Å². The molecule has 1 aromatic heterocycles. The third kappa shape index (κ3) is 5.41. The van der Waals surface area contributed by atoms with Crippen molar-refractivity contribution in [1.82, 2.24) is 14.5 Å². The summed E-state index contributed by atoms with van der Waals surface area (Å²) in [5.74, 6) is -0.559. The number of aromatic nitrogens is 2. The molecule has 202 valence electrons. The number of piperidine rings is 1. The maximum Gasteiger partial charge on any atom is 0.323 e. The summed E-state index contributed by atoms with van der Waals surface area (Å²) in [7, 11) is 0. The average molecular weight is 510 g/mol. The van der Waals surface area contributed by atoms with Gasteiger partial charge in [0.15, 0.2) is 5.82 Å². The smallest absolute Gasteiger partial charge is 0.323 e. The van der Waals surface area contributed by atoms with Crippen LogP contribution in [0.1, 0.15) is 90.0 Å². The van der Waals surface area contributed by atoms with E-state index in [-0.39, 0.29) is 11.6 Å². The van der Waals surface area contributed by atoms with Crippen LogP contribution in [-0.2, 0) is 4.79 Å². The van der Waals surface area contributed by atoms with Crippen molar-refractivity contribution in [3.8, 4) is 0 Å². The molecule has 8 nitrogen and oxygen atoms in total. The molecule has 5 rings (SSSR count). The Balaban J connectivity index is 1.40. The van der Waals surface area contributed by atoms with Gasteiger partial charge in [0.25, 0.3) is 5.56 Å². The molecule has 3 N–H and O–H groups in total. The molecule has 1 aliphatic carbocycles. The second kappa shape index (κ2) is 11.1. The SMILES string of the molecule is C[C@@H](C[C@@H]1CCCN1C1CCCCCCC1)n1c(=O)c(N2CCC(N)(C(=O)O)CC2)nc2ccccc21. The fraction of sp³-hybridized carbons (Fsp3) is 0.690. The van der Waals surface area contributed by atoms with Crippen LogP contribution >= 0.6 is 0 Å². The summed E-state index contributed by atoms with van der Waals surface area (Å²) in [5.41, 5.74) is 6.45. The van der Waals surface area contributed by atoms with E-state index in [4.69, 9.17) is 10.7 Å². The van der Waals surface area contributed by atoms with Gasteiger partial charge < -0.3 is 20.3 Å². The fourth-order valence-electron chi connectivity index (χ4n) is 6.97. The van der Waals surface area contributed by atoms with Crippen molar-refractivity contribution in [3.05, 3.63) is 34.6 Å². The number of carboxylic acids is 1. The molecule has 2 aromatic rings. The van der Waals surface area contributed by atoms with Crippen molar-refractivity contribution >= 4 is 22.8 Å². The second-order valence-corrected chi connectivity index (χ2v) is 11.7. The van der Waals surface area contributed by atoms with E-state index in [1.807, 2.05) is 33.7 Å². The third-order valence-corrected chi connectivity index (χ3v) is 9.18. The van der Waals surface area contributed by atoms with Crippen LogP contribution in [0, 0.1) is 0 Å². The number of rotatable bonds is 6. The highest BCUT2D eigenvalue weighted by atomic mass is 16.4. The number of nitrogens with two attached hydrogens (primary N) is 1. The van der Waals surface area contributed by atoms with Crippen LogP contribution in [0.25, 0.3) is 11.0 Å². The molecule has 0 radical (unpaired) electrons. The van der Waals surface area contributed by atoms with Crippen LogP contribution in [0.3, 0.4) is 0 Å². The minimum absolute atomic E-state index is 0.0377. The lowest BCUT2D eigenvalue weighted by Gasteiger charge is -2.37. The molecule has 2 aliphatic heterocycles. The maximum absolute atomic E-state index is 14.0. The van der Waals surface area contributed by atoms with Gasteiger partial charge in [0.05, 0.1) is 11.0 Å². The highest BCUT2D eigenvalue weighted by molar-refractivity contribution is 5.79. The summed E-state index contributed by atoms with van der Waals surface area (Å²) < 4.78 is 1.95. The minimum Gasteiger partial charge on any atom is -0.480 e. The number of para-hydroxylation sites is 2. The summed E-state index contributed by atoms with van der Waals surface area (Å²) in [4.78, 5) is 35.0. The Morgan fingerprint density at radius 1 is 1.05 bits per heavy atom. The number of hydrogen-bond acceptors (Lipinski definition) is 6. The Hall–Kier alpha value is -2.45. The van der Waals surface area contributed by atoms with Gasteiger partial charge in [-0.25, -0.2) is 4.98 Å². The molecule has 0 bridgehead atoms. The molecule has 0 amide bonds. The molecular formula is C29H43N5O3. The number of aliphatic carboxylic acids is 1. The van der Waals surface area contributed by atoms with Crippen molar-refractivity contribution in [3.63, 3.8) is 0 Å². The summed E-state index contributed by atoms with van der Waals surface area (Å²) in [6.45, 7) is 4.18. The number of carboxylic acid groups (broad SMARTS) is 1. The topological polar surface area (TPSA) is 105 Å². The summed E-state index contributed by atoms with van der Waals surface area (Å²) in [6, 6.07) is 9.11. The van der Waals surface area contributed by atoms with E-state index in [0.717, 1.165) is 17.5 Å². The zero-order chi connectivity index (χ0) is 26.0. The summed E-state index contributed by atoms with van der Waals surface area (Å²) >= 11 is 0. The molecule has 3 heterocycles. The number of carbonyl (C=O) groups is 1. The van der Waals surface area contributed by atoms with E-state index >= 15 is 0 Å². The van der Waals surface area contributed by atoms with Crippen LogP contribution in [0.15, 0.2) is 29.1 Å². The lowest BCUT2D eigenvalue weighted by atomic mass is 9.89. The molecule has 3 fully saturated rings. The highest BCUT2D eigenvalue weighted by Gasteiger charge is 2.39. The minimum atomic E-state index is -1.23. The van der Waals surface area contributed by atoms with Gasteiger partial charge in [-0.3, -0.25) is 14.5 Å². The Labute approximate surface area is 219 Å². The largest absolute Gasteiger partial charge is 0.480 e. The van der Waals surface area contributed by atoms with Crippen molar-refractivity contribution in [2.75, 3.05) is 24.5 Å². The zero-order valence-electron chi connectivity index (χ0n) is 22.3. The van der Waals surface area contributed by atoms with Gasteiger partial charge >= 0.3 is 5.97 Å². The highest BCUT2D eigenvalue weighted by Crippen LogP contribution is 2.33. The maximum atomic E-state index is 14.0. The standard InChI is InChI=1S/C29H43N5O3/c1-21(20-23-12-9-17-33(23)22-10-5-3-2-4-6-11-22)34-25-14-8-7-13-24(25)31-26(27(34)35)32-18-15-29(30,16-19-32)28(36)37/h7-8,13-14,21-23H,2-6,9-12,15-20,30H2,1H3,(H,36,37)/t21-,23-/m0/s1. The van der Waals surface area contributed by atoms with E-state index in [1.165, 1.54) is 64.3 Å². The normalized spacial score (nSPS) is 24.6. The van der Waals surface area contributed by atoms with E-state index in [0.29, 0.717) is 43.8 Å². The summed E-state index contributed by atoms with van der Waals surface area (Å²) in [5, 5.41) is 9.52. The number of benzene rings is 1. The van der Waals surface area contributed by atoms with Crippen LogP contribution in [0.2, 0.25) is 0 Å². The van der Waals surface area contributed by atoms with E-state index in [9.17, 15) is 14.7 Å². The van der Waals surface area contributed by atoms with Crippen molar-refractivity contribution in [2.45, 2.75) is 108 Å². The Morgan fingerprint density at radius 2 is 1.73 bits per heavy atom. The molecule has 1 aromatic carbocycles. The number of hydrogen-bond donors (Lipinski definition) is 2. The van der Waals surface area contributed by atoms with Gasteiger partial charge in [-0.1, -0.05) is 44.2 Å². The number of likely N-dealkylation sites (tertiary alicyclic amines) is 1. The molecule has 3 aliphatic rings. The van der Waals surface area contributed by atoms with Crippen LogP contribution in [0.5, 0.6) is 0 Å². The predicted molar refractivity (Wildman–Crippen MR) is 147 cm³/mol. The first-order chi connectivity index (χ1) is 17.9. The first-order valence-electron chi connectivity index (χ1n) is 14.4. The monoisotopic (exact) mass is 509 g/mol. The average Bonchev–Trinajstić information content (AvgIpc) is 3.31. The van der Waals surface area contributed by atoms with E-state index < -0.39 is 11.5 Å². The van der Waals surface area contributed by atoms with E-state index in [2.05, 4.69) is 11.8 Å². The molecule has 2 atom stereocenters. The quantitative estimate of drug-likeness (QED) is 0.598. The van der Waals surface area contributed by atoms with Gasteiger partial charge in [-0.2, -0.15) is 0 Å². The predicted octanol–water partition coefficient (Wildman–Crippen LogP) is 4.31. The van der Waals surface area contributed by atoms with Crippen LogP contribution in [0.4, 0.5) is 5.82 Å². The molecule has 1 saturated carbocycles. The van der Waals surface area contributed by atoms with Gasteiger partial charge in [0, 0.05) is 31.2 Å². The molecule has 8 heteroatoms. The summed E-state index contributed by atoms with van der Waals surface area (Å²) in [6.07, 6.45) is 13.4. The Morgan fingerprint density at radius 3 is 2.43 bits per heavy atom. The van der Waals surface area contributed by atoms with E-state index in [1.54, 1.807) is 0 Å². The molecule has 0 unspecified atom stereocenters. The number of nitrogens with zero attached hydrogens (tertiary/aromatic N) is 4. The fourth-order valence-corrected chi connectivity index (χ4v) is 6.97. The Kier molecular flexibility index (Phi) is 7.86. The molecule has 37 heavy (non-hydrogen) atoms. The molecule has 0 spiro atoms. The first-order valence-corrected chi connectivity index (χ1v) is 14.4. The van der Waals surface area contributed by atoms with Crippen LogP contribution in [-0.4, -0.2) is 62.8 Å². The van der Waals surface area contributed by atoms with Crippen molar-refractivity contribution in [1.29, 1.82) is 0 Å².